The Bertz CT molecular complexity index is 502. The average Bonchev–Trinajstić information content (AvgIpc) is 2.99. The number of rotatable bonds is 6. The third kappa shape index (κ3) is 2.76. The van der Waals surface area contributed by atoms with Crippen molar-refractivity contribution in [3.63, 3.8) is 0 Å². The highest BCUT2D eigenvalue weighted by Gasteiger charge is 2.35. The van der Waals surface area contributed by atoms with Gasteiger partial charge in [0.25, 0.3) is 10.0 Å². The second-order valence-corrected chi connectivity index (χ2v) is 6.81. The molecule has 0 bridgehead atoms. The summed E-state index contributed by atoms with van der Waals surface area (Å²) < 4.78 is 31.5. The van der Waals surface area contributed by atoms with Gasteiger partial charge in [0.05, 0.1) is 0 Å². The average molecular weight is 273 g/mol. The number of hydrogen-bond acceptors (Lipinski definition) is 4. The molecule has 1 heterocycles. The molecule has 0 spiro atoms. The Hall–Kier alpha value is -0.850. The minimum absolute atomic E-state index is 0.0825. The van der Waals surface area contributed by atoms with E-state index in [1.165, 1.54) is 16.4 Å². The number of furan rings is 1. The monoisotopic (exact) mass is 273 g/mol. The summed E-state index contributed by atoms with van der Waals surface area (Å²) in [5.74, 6) is 0.748. The summed E-state index contributed by atoms with van der Waals surface area (Å²) in [6.45, 7) is 3.97. The molecule has 1 aromatic heterocycles. The standard InChI is InChI=1S/C12H19NO4S/c1-9(2)13(7-10-3-4-10)18(15,16)12-6-5-11(8-14)17-12/h5-6,9-10,14H,3-4,7-8H2,1-2H3. The summed E-state index contributed by atoms with van der Waals surface area (Å²) in [7, 11) is -3.59. The molecule has 102 valence electrons. The maximum atomic E-state index is 12.4. The lowest BCUT2D eigenvalue weighted by molar-refractivity contribution is 0.234. The van der Waals surface area contributed by atoms with Crippen molar-refractivity contribution < 1.29 is 17.9 Å². The van der Waals surface area contributed by atoms with Crippen molar-refractivity contribution in [2.75, 3.05) is 6.54 Å². The summed E-state index contributed by atoms with van der Waals surface area (Å²) in [6.07, 6.45) is 2.19. The van der Waals surface area contributed by atoms with Crippen LogP contribution < -0.4 is 0 Å². The van der Waals surface area contributed by atoms with Crippen LogP contribution in [0.2, 0.25) is 0 Å². The summed E-state index contributed by atoms with van der Waals surface area (Å²) >= 11 is 0. The van der Waals surface area contributed by atoms with Crippen molar-refractivity contribution in [2.45, 2.75) is 44.4 Å². The van der Waals surface area contributed by atoms with Crippen LogP contribution in [0.15, 0.2) is 21.6 Å². The fourth-order valence-electron chi connectivity index (χ4n) is 1.84. The minimum Gasteiger partial charge on any atom is -0.446 e. The van der Waals surface area contributed by atoms with Gasteiger partial charge in [-0.05, 0) is 44.7 Å². The highest BCUT2D eigenvalue weighted by Crippen LogP contribution is 2.32. The number of aliphatic hydroxyl groups is 1. The maximum Gasteiger partial charge on any atom is 0.276 e. The van der Waals surface area contributed by atoms with Crippen LogP contribution in [0.25, 0.3) is 0 Å². The first-order valence-electron chi connectivity index (χ1n) is 6.16. The van der Waals surface area contributed by atoms with Crippen molar-refractivity contribution in [1.29, 1.82) is 0 Å². The highest BCUT2D eigenvalue weighted by atomic mass is 32.2. The fourth-order valence-corrected chi connectivity index (χ4v) is 3.48. The minimum atomic E-state index is -3.59. The summed E-state index contributed by atoms with van der Waals surface area (Å²) in [4.78, 5) is 0. The quantitative estimate of drug-likeness (QED) is 0.854. The molecular weight excluding hydrogens is 254 g/mol. The molecule has 18 heavy (non-hydrogen) atoms. The number of hydrogen-bond donors (Lipinski definition) is 1. The van der Waals surface area contributed by atoms with Crippen molar-refractivity contribution in [3.8, 4) is 0 Å². The van der Waals surface area contributed by atoms with Gasteiger partial charge in [-0.3, -0.25) is 0 Å². The molecule has 0 saturated heterocycles. The molecule has 1 aliphatic carbocycles. The molecule has 0 aliphatic heterocycles. The van der Waals surface area contributed by atoms with Gasteiger partial charge in [0.1, 0.15) is 12.4 Å². The highest BCUT2D eigenvalue weighted by molar-refractivity contribution is 7.89. The Labute approximate surface area is 107 Å². The first-order chi connectivity index (χ1) is 8.45. The summed E-state index contributed by atoms with van der Waals surface area (Å²) in [5.41, 5.74) is 0. The van der Waals surface area contributed by atoms with E-state index in [1.807, 2.05) is 13.8 Å². The molecule has 0 amide bonds. The predicted octanol–water partition coefficient (Wildman–Crippen LogP) is 1.58. The molecule has 1 N–H and O–H groups in total. The van der Waals surface area contributed by atoms with Crippen LogP contribution in [-0.4, -0.2) is 30.4 Å². The normalized spacial score (nSPS) is 16.7. The van der Waals surface area contributed by atoms with E-state index in [1.54, 1.807) is 0 Å². The number of sulfonamides is 1. The van der Waals surface area contributed by atoms with Gasteiger partial charge in [-0.15, -0.1) is 0 Å². The second kappa shape index (κ2) is 5.03. The lowest BCUT2D eigenvalue weighted by Gasteiger charge is -2.24. The molecular formula is C12H19NO4S. The van der Waals surface area contributed by atoms with E-state index >= 15 is 0 Å². The second-order valence-electron chi connectivity index (χ2n) is 4.99. The van der Waals surface area contributed by atoms with Gasteiger partial charge in [0.15, 0.2) is 0 Å². The molecule has 1 fully saturated rings. The van der Waals surface area contributed by atoms with E-state index in [9.17, 15) is 8.42 Å². The number of aliphatic hydroxyl groups excluding tert-OH is 1. The summed E-state index contributed by atoms with van der Waals surface area (Å²) in [6, 6.07) is 2.80. The summed E-state index contributed by atoms with van der Waals surface area (Å²) in [5, 5.41) is 8.84. The first-order valence-corrected chi connectivity index (χ1v) is 7.60. The lowest BCUT2D eigenvalue weighted by Crippen LogP contribution is -2.38. The van der Waals surface area contributed by atoms with Gasteiger partial charge < -0.3 is 9.52 Å². The van der Waals surface area contributed by atoms with Crippen molar-refractivity contribution in [3.05, 3.63) is 17.9 Å². The Balaban J connectivity index is 2.25. The topological polar surface area (TPSA) is 70.8 Å². The van der Waals surface area contributed by atoms with E-state index < -0.39 is 10.0 Å². The zero-order valence-electron chi connectivity index (χ0n) is 10.7. The molecule has 2 rings (SSSR count). The van der Waals surface area contributed by atoms with E-state index in [2.05, 4.69) is 0 Å². The van der Waals surface area contributed by atoms with E-state index in [-0.39, 0.29) is 23.5 Å². The van der Waals surface area contributed by atoms with Crippen LogP contribution in [0.5, 0.6) is 0 Å². The molecule has 0 atom stereocenters. The smallest absolute Gasteiger partial charge is 0.276 e. The lowest BCUT2D eigenvalue weighted by atomic mass is 10.3. The van der Waals surface area contributed by atoms with Crippen LogP contribution in [0.1, 0.15) is 32.4 Å². The van der Waals surface area contributed by atoms with Crippen molar-refractivity contribution >= 4 is 10.0 Å². The molecule has 0 unspecified atom stereocenters. The predicted molar refractivity (Wildman–Crippen MR) is 66.4 cm³/mol. The Morgan fingerprint density at radius 3 is 2.56 bits per heavy atom. The third-order valence-corrected chi connectivity index (χ3v) is 4.98. The van der Waals surface area contributed by atoms with Gasteiger partial charge in [-0.25, -0.2) is 8.42 Å². The molecule has 5 nitrogen and oxygen atoms in total. The Morgan fingerprint density at radius 2 is 2.11 bits per heavy atom. The van der Waals surface area contributed by atoms with Crippen LogP contribution in [0.3, 0.4) is 0 Å². The first kappa shape index (κ1) is 13.6. The van der Waals surface area contributed by atoms with Crippen LogP contribution in [-0.2, 0) is 16.6 Å². The largest absolute Gasteiger partial charge is 0.446 e. The number of nitrogens with zero attached hydrogens (tertiary/aromatic N) is 1. The van der Waals surface area contributed by atoms with Crippen molar-refractivity contribution in [2.24, 2.45) is 5.92 Å². The van der Waals surface area contributed by atoms with Crippen LogP contribution in [0, 0.1) is 5.92 Å². The van der Waals surface area contributed by atoms with Crippen LogP contribution >= 0.6 is 0 Å². The van der Waals surface area contributed by atoms with E-state index in [0.717, 1.165) is 12.8 Å². The SMILES string of the molecule is CC(C)N(CC1CC1)S(=O)(=O)c1ccc(CO)o1. The van der Waals surface area contributed by atoms with Crippen molar-refractivity contribution in [1.82, 2.24) is 4.31 Å². The zero-order valence-corrected chi connectivity index (χ0v) is 11.5. The van der Waals surface area contributed by atoms with Gasteiger partial charge in [-0.1, -0.05) is 0 Å². The van der Waals surface area contributed by atoms with Crippen LogP contribution in [0.4, 0.5) is 0 Å². The molecule has 0 aromatic carbocycles. The zero-order chi connectivity index (χ0) is 13.3. The van der Waals surface area contributed by atoms with Gasteiger partial charge in [0.2, 0.25) is 5.09 Å². The molecule has 1 aliphatic rings. The molecule has 6 heteroatoms. The molecule has 1 saturated carbocycles. The maximum absolute atomic E-state index is 12.4. The van der Waals surface area contributed by atoms with E-state index in [0.29, 0.717) is 12.5 Å². The third-order valence-electron chi connectivity index (χ3n) is 3.07. The van der Waals surface area contributed by atoms with Gasteiger partial charge in [-0.2, -0.15) is 4.31 Å². The Morgan fingerprint density at radius 1 is 1.44 bits per heavy atom. The van der Waals surface area contributed by atoms with E-state index in [4.69, 9.17) is 9.52 Å². The van der Waals surface area contributed by atoms with Gasteiger partial charge >= 0.3 is 0 Å². The molecule has 1 aromatic rings. The fraction of sp³-hybridized carbons (Fsp3) is 0.667. The Kier molecular flexibility index (Phi) is 3.79. The molecule has 0 radical (unpaired) electrons. The van der Waals surface area contributed by atoms with Gasteiger partial charge in [0, 0.05) is 12.6 Å².